The number of hydrogen-bond acceptors (Lipinski definition) is 4. The number of aromatic nitrogens is 2. The number of nitrogens with two attached hydrogens (primary N) is 1. The second-order valence-corrected chi connectivity index (χ2v) is 8.36. The Kier molecular flexibility index (Phi) is 3.75. The molecule has 0 aliphatic heterocycles. The van der Waals surface area contributed by atoms with E-state index in [0.717, 1.165) is 30.3 Å². The van der Waals surface area contributed by atoms with Crippen LogP contribution in [0.4, 0.5) is 0 Å². The highest BCUT2D eigenvalue weighted by molar-refractivity contribution is 7.91. The molecule has 1 saturated carbocycles. The molecule has 3 unspecified atom stereocenters. The molecule has 5 nitrogen and oxygen atoms in total. The van der Waals surface area contributed by atoms with E-state index >= 15 is 0 Å². The third-order valence-electron chi connectivity index (χ3n) is 4.60. The van der Waals surface area contributed by atoms with E-state index in [-0.39, 0.29) is 17.2 Å². The van der Waals surface area contributed by atoms with Gasteiger partial charge in [-0.2, -0.15) is 5.10 Å². The second kappa shape index (κ2) is 5.42. The van der Waals surface area contributed by atoms with E-state index in [0.29, 0.717) is 6.42 Å². The van der Waals surface area contributed by atoms with Gasteiger partial charge in [-0.1, -0.05) is 12.5 Å². The van der Waals surface area contributed by atoms with E-state index in [2.05, 4.69) is 5.10 Å². The standard InChI is InChI=1S/C15H21N3O2S/c1-21(19,20)12-6-4-5-11(9-12)15(16)13-10-17-18-8-3-2-7-14(13)18/h2-3,7-8,10-12,15H,4-6,9,16H2,1H3. The molecule has 3 rings (SSSR count). The van der Waals surface area contributed by atoms with Crippen molar-refractivity contribution in [2.24, 2.45) is 11.7 Å². The minimum absolute atomic E-state index is 0.158. The molecule has 3 atom stereocenters. The van der Waals surface area contributed by atoms with Gasteiger partial charge in [-0.05, 0) is 37.3 Å². The van der Waals surface area contributed by atoms with Crippen molar-refractivity contribution < 1.29 is 8.42 Å². The minimum atomic E-state index is -2.98. The second-order valence-electron chi connectivity index (χ2n) is 6.03. The van der Waals surface area contributed by atoms with Gasteiger partial charge in [-0.3, -0.25) is 0 Å². The molecule has 21 heavy (non-hydrogen) atoms. The molecule has 114 valence electrons. The topological polar surface area (TPSA) is 77.5 Å². The molecule has 0 saturated heterocycles. The molecule has 0 radical (unpaired) electrons. The lowest BCUT2D eigenvalue weighted by Crippen LogP contribution is -2.32. The Bertz CT molecular complexity index is 738. The molecule has 6 heteroatoms. The normalized spacial score (nSPS) is 25.0. The fraction of sp³-hybridized carbons (Fsp3) is 0.533. The molecule has 0 spiro atoms. The van der Waals surface area contributed by atoms with Crippen molar-refractivity contribution in [3.05, 3.63) is 36.2 Å². The summed E-state index contributed by atoms with van der Waals surface area (Å²) in [5.41, 5.74) is 8.45. The van der Waals surface area contributed by atoms with Gasteiger partial charge in [0, 0.05) is 24.1 Å². The van der Waals surface area contributed by atoms with Crippen LogP contribution in [0.25, 0.3) is 5.52 Å². The van der Waals surface area contributed by atoms with Crippen LogP contribution in [0.15, 0.2) is 30.6 Å². The van der Waals surface area contributed by atoms with E-state index in [1.54, 1.807) is 0 Å². The van der Waals surface area contributed by atoms with Gasteiger partial charge >= 0.3 is 0 Å². The van der Waals surface area contributed by atoms with Gasteiger partial charge in [0.05, 0.1) is 17.0 Å². The molecule has 1 aliphatic carbocycles. The van der Waals surface area contributed by atoms with Gasteiger partial charge in [0.15, 0.2) is 0 Å². The van der Waals surface area contributed by atoms with Gasteiger partial charge in [-0.15, -0.1) is 0 Å². The summed E-state index contributed by atoms with van der Waals surface area (Å²) >= 11 is 0. The lowest BCUT2D eigenvalue weighted by atomic mass is 9.81. The van der Waals surface area contributed by atoms with Crippen LogP contribution in [0.2, 0.25) is 0 Å². The summed E-state index contributed by atoms with van der Waals surface area (Å²) in [6, 6.07) is 5.73. The van der Waals surface area contributed by atoms with E-state index < -0.39 is 9.84 Å². The van der Waals surface area contributed by atoms with Crippen LogP contribution in [0.1, 0.15) is 37.3 Å². The molecule has 2 heterocycles. The van der Waals surface area contributed by atoms with Crippen LogP contribution in [0, 0.1) is 5.92 Å². The van der Waals surface area contributed by atoms with Crippen LogP contribution in [0.3, 0.4) is 0 Å². The van der Waals surface area contributed by atoms with Crippen molar-refractivity contribution in [3.8, 4) is 0 Å². The zero-order valence-electron chi connectivity index (χ0n) is 12.1. The molecular formula is C15H21N3O2S. The monoisotopic (exact) mass is 307 g/mol. The van der Waals surface area contributed by atoms with Gasteiger partial charge in [0.1, 0.15) is 9.84 Å². The molecule has 0 amide bonds. The average molecular weight is 307 g/mol. The van der Waals surface area contributed by atoms with Crippen molar-refractivity contribution >= 4 is 15.4 Å². The highest BCUT2D eigenvalue weighted by Crippen LogP contribution is 2.36. The molecule has 2 aromatic rings. The molecule has 2 N–H and O–H groups in total. The summed E-state index contributed by atoms with van der Waals surface area (Å²) in [5.74, 6) is 0.201. The summed E-state index contributed by atoms with van der Waals surface area (Å²) in [4.78, 5) is 0. The van der Waals surface area contributed by atoms with Crippen molar-refractivity contribution in [2.45, 2.75) is 37.0 Å². The van der Waals surface area contributed by atoms with E-state index in [9.17, 15) is 8.42 Å². The maximum absolute atomic E-state index is 11.8. The van der Waals surface area contributed by atoms with Crippen molar-refractivity contribution in [1.82, 2.24) is 9.61 Å². The number of sulfone groups is 1. The fourth-order valence-electron chi connectivity index (χ4n) is 3.36. The molecule has 1 aliphatic rings. The number of rotatable bonds is 3. The van der Waals surface area contributed by atoms with Crippen LogP contribution in [0.5, 0.6) is 0 Å². The predicted octanol–water partition coefficient (Wildman–Crippen LogP) is 1.94. The molecule has 0 bridgehead atoms. The largest absolute Gasteiger partial charge is 0.324 e. The van der Waals surface area contributed by atoms with Crippen LogP contribution in [-0.2, 0) is 9.84 Å². The van der Waals surface area contributed by atoms with E-state index in [1.807, 2.05) is 35.1 Å². The average Bonchev–Trinajstić information content (AvgIpc) is 2.90. The van der Waals surface area contributed by atoms with Crippen LogP contribution < -0.4 is 5.73 Å². The predicted molar refractivity (Wildman–Crippen MR) is 82.7 cm³/mol. The van der Waals surface area contributed by atoms with Crippen molar-refractivity contribution in [2.75, 3.05) is 6.26 Å². The summed E-state index contributed by atoms with van der Waals surface area (Å²) < 4.78 is 25.4. The van der Waals surface area contributed by atoms with Gasteiger partial charge in [0.25, 0.3) is 0 Å². The zero-order valence-corrected chi connectivity index (χ0v) is 13.0. The zero-order chi connectivity index (χ0) is 15.0. The van der Waals surface area contributed by atoms with E-state index in [4.69, 9.17) is 5.73 Å². The Labute approximate surface area is 125 Å². The lowest BCUT2D eigenvalue weighted by molar-refractivity contribution is 0.310. The first-order chi connectivity index (χ1) is 9.97. The van der Waals surface area contributed by atoms with Gasteiger partial charge in [0.2, 0.25) is 0 Å². The highest BCUT2D eigenvalue weighted by atomic mass is 32.2. The summed E-state index contributed by atoms with van der Waals surface area (Å²) in [7, 11) is -2.98. The van der Waals surface area contributed by atoms with Crippen molar-refractivity contribution in [1.29, 1.82) is 0 Å². The quantitative estimate of drug-likeness (QED) is 0.940. The number of nitrogens with zero attached hydrogens (tertiary/aromatic N) is 2. The molecule has 0 aromatic carbocycles. The van der Waals surface area contributed by atoms with Crippen LogP contribution >= 0.6 is 0 Å². The Hall–Kier alpha value is -1.40. The smallest absolute Gasteiger partial charge is 0.150 e. The van der Waals surface area contributed by atoms with Crippen molar-refractivity contribution in [3.63, 3.8) is 0 Å². The Morgan fingerprint density at radius 2 is 2.19 bits per heavy atom. The lowest BCUT2D eigenvalue weighted by Gasteiger charge is -2.31. The SMILES string of the molecule is CS(=O)(=O)C1CCCC(C(N)c2cnn3ccccc23)C1. The highest BCUT2D eigenvalue weighted by Gasteiger charge is 2.33. The number of hydrogen-bond donors (Lipinski definition) is 1. The summed E-state index contributed by atoms with van der Waals surface area (Å²) in [5, 5.41) is 4.07. The van der Waals surface area contributed by atoms with Crippen LogP contribution in [-0.4, -0.2) is 29.5 Å². The van der Waals surface area contributed by atoms with E-state index in [1.165, 1.54) is 6.26 Å². The fourth-order valence-corrected chi connectivity index (χ4v) is 4.55. The maximum Gasteiger partial charge on any atom is 0.150 e. The minimum Gasteiger partial charge on any atom is -0.324 e. The Morgan fingerprint density at radius 1 is 1.38 bits per heavy atom. The molecule has 1 fully saturated rings. The summed E-state index contributed by atoms with van der Waals surface area (Å²) in [6.45, 7) is 0. The number of pyridine rings is 1. The molecular weight excluding hydrogens is 286 g/mol. The first kappa shape index (κ1) is 14.5. The Morgan fingerprint density at radius 3 is 2.95 bits per heavy atom. The van der Waals surface area contributed by atoms with Gasteiger partial charge < -0.3 is 5.73 Å². The summed E-state index contributed by atoms with van der Waals surface area (Å²) in [6.07, 6.45) is 8.37. The van der Waals surface area contributed by atoms with Gasteiger partial charge in [-0.25, -0.2) is 12.9 Å². The number of fused-ring (bicyclic) bond motifs is 1. The third kappa shape index (κ3) is 2.82. The third-order valence-corrected chi connectivity index (χ3v) is 6.23. The molecule has 2 aromatic heterocycles. The maximum atomic E-state index is 11.8. The first-order valence-corrected chi connectivity index (χ1v) is 9.29. The Balaban J connectivity index is 1.86. The first-order valence-electron chi connectivity index (χ1n) is 7.33.